The molecule has 0 spiro atoms. The molecule has 0 heterocycles. The summed E-state index contributed by atoms with van der Waals surface area (Å²) in [5.74, 6) is 0.566. The summed E-state index contributed by atoms with van der Waals surface area (Å²) >= 11 is 0. The minimum atomic E-state index is -0.576. The van der Waals surface area contributed by atoms with Gasteiger partial charge in [0.25, 0.3) is 0 Å². The molecule has 0 radical (unpaired) electrons. The molecule has 0 aliphatic heterocycles. The van der Waals surface area contributed by atoms with Gasteiger partial charge in [-0.25, -0.2) is 0 Å². The molecule has 0 aromatic rings. The number of rotatable bonds is 10. The maximum absolute atomic E-state index is 10.3. The van der Waals surface area contributed by atoms with Crippen molar-refractivity contribution in [3.63, 3.8) is 0 Å². The van der Waals surface area contributed by atoms with E-state index in [-0.39, 0.29) is 18.1 Å². The molecule has 0 amide bonds. The Kier molecular flexibility index (Phi) is 9.25. The van der Waals surface area contributed by atoms with Crippen LogP contribution in [0.25, 0.3) is 0 Å². The largest absolute Gasteiger partial charge is 0.390 e. The van der Waals surface area contributed by atoms with Gasteiger partial charge in [-0.2, -0.15) is 0 Å². The van der Waals surface area contributed by atoms with E-state index in [9.17, 15) is 10.2 Å². The number of aliphatic hydroxyl groups is 2. The van der Waals surface area contributed by atoms with Gasteiger partial charge < -0.3 is 14.9 Å². The first kappa shape index (κ1) is 21.4. The van der Waals surface area contributed by atoms with Gasteiger partial charge in [0, 0.05) is 6.61 Å². The molecule has 0 saturated carbocycles. The number of unbranched alkanes of at least 4 members (excludes halogenated alkanes) is 2. The predicted molar refractivity (Wildman–Crippen MR) is 101 cm³/mol. The Hall–Kier alpha value is -0.640. The van der Waals surface area contributed by atoms with E-state index < -0.39 is 5.60 Å². The highest BCUT2D eigenvalue weighted by molar-refractivity contribution is 5.20. The van der Waals surface area contributed by atoms with E-state index >= 15 is 0 Å². The predicted octanol–water partition coefficient (Wildman–Crippen LogP) is 4.63. The van der Waals surface area contributed by atoms with Gasteiger partial charge in [-0.3, -0.25) is 0 Å². The highest BCUT2D eigenvalue weighted by Gasteiger charge is 2.34. The van der Waals surface area contributed by atoms with Crippen molar-refractivity contribution in [3.05, 3.63) is 23.8 Å². The highest BCUT2D eigenvalue weighted by atomic mass is 16.5. The van der Waals surface area contributed by atoms with Gasteiger partial charge in [-0.15, -0.1) is 0 Å². The van der Waals surface area contributed by atoms with Gasteiger partial charge in [0.2, 0.25) is 0 Å². The zero-order valence-electron chi connectivity index (χ0n) is 16.3. The second-order valence-electron chi connectivity index (χ2n) is 7.98. The summed E-state index contributed by atoms with van der Waals surface area (Å²) in [6.07, 6.45) is 12.0. The van der Waals surface area contributed by atoms with Gasteiger partial charge in [0.15, 0.2) is 0 Å². The van der Waals surface area contributed by atoms with Crippen LogP contribution in [0.15, 0.2) is 23.8 Å². The fourth-order valence-electron chi connectivity index (χ4n) is 3.18. The van der Waals surface area contributed by atoms with Crippen LogP contribution in [0.4, 0.5) is 0 Å². The fraction of sp³-hybridized carbons (Fsp3) is 0.810. The standard InChI is InChI=1S/C21H38O3/c1-6-7-14-24-20-17(3)16(2)19(22)15-18(20)12-10-8-9-11-13-21(4,5)23/h8,10,15-17,19-20,22-23H,6-7,9,11-14H2,1-5H3/b10-8+. The lowest BCUT2D eigenvalue weighted by molar-refractivity contribution is -0.0111. The lowest BCUT2D eigenvalue weighted by Crippen LogP contribution is -2.38. The Balaban J connectivity index is 2.55. The van der Waals surface area contributed by atoms with E-state index in [1.54, 1.807) is 0 Å². The van der Waals surface area contributed by atoms with E-state index in [4.69, 9.17) is 4.74 Å². The molecule has 4 atom stereocenters. The van der Waals surface area contributed by atoms with Crippen molar-refractivity contribution in [2.75, 3.05) is 6.61 Å². The quantitative estimate of drug-likeness (QED) is 0.451. The van der Waals surface area contributed by atoms with Gasteiger partial charge >= 0.3 is 0 Å². The second-order valence-corrected chi connectivity index (χ2v) is 7.98. The molecule has 1 aliphatic rings. The topological polar surface area (TPSA) is 49.7 Å². The molecule has 3 nitrogen and oxygen atoms in total. The molecule has 0 fully saturated rings. The smallest absolute Gasteiger partial charge is 0.0818 e. The highest BCUT2D eigenvalue weighted by Crippen LogP contribution is 2.34. The molecular formula is C21H38O3. The third kappa shape index (κ3) is 7.50. The monoisotopic (exact) mass is 338 g/mol. The zero-order chi connectivity index (χ0) is 18.2. The van der Waals surface area contributed by atoms with Crippen LogP contribution in [0.5, 0.6) is 0 Å². The van der Waals surface area contributed by atoms with Crippen LogP contribution in [0, 0.1) is 11.8 Å². The summed E-state index contributed by atoms with van der Waals surface area (Å²) in [5, 5.41) is 20.0. The number of hydrogen-bond acceptors (Lipinski definition) is 3. The third-order valence-electron chi connectivity index (χ3n) is 5.07. The van der Waals surface area contributed by atoms with Crippen molar-refractivity contribution in [2.45, 2.75) is 91.0 Å². The van der Waals surface area contributed by atoms with Gasteiger partial charge in [0.05, 0.1) is 17.8 Å². The molecule has 3 heteroatoms. The molecule has 4 unspecified atom stereocenters. The van der Waals surface area contributed by atoms with Gasteiger partial charge in [-0.1, -0.05) is 45.4 Å². The van der Waals surface area contributed by atoms with Crippen molar-refractivity contribution < 1.29 is 14.9 Å². The minimum absolute atomic E-state index is 0.121. The Morgan fingerprint density at radius 3 is 2.50 bits per heavy atom. The first-order valence-corrected chi connectivity index (χ1v) is 9.64. The molecule has 24 heavy (non-hydrogen) atoms. The van der Waals surface area contributed by atoms with Crippen molar-refractivity contribution in [1.29, 1.82) is 0 Å². The Bertz CT molecular complexity index is 406. The molecule has 1 aliphatic carbocycles. The average molecular weight is 339 g/mol. The normalized spacial score (nSPS) is 28.4. The lowest BCUT2D eigenvalue weighted by atomic mass is 9.77. The zero-order valence-corrected chi connectivity index (χ0v) is 16.3. The van der Waals surface area contributed by atoms with Crippen LogP contribution in [-0.4, -0.2) is 34.6 Å². The Labute approximate surface area is 148 Å². The molecule has 1 rings (SSSR count). The molecule has 0 aromatic carbocycles. The number of aliphatic hydroxyl groups excluding tert-OH is 1. The number of ether oxygens (including phenoxy) is 1. The van der Waals surface area contributed by atoms with Crippen molar-refractivity contribution in [1.82, 2.24) is 0 Å². The molecule has 140 valence electrons. The Morgan fingerprint density at radius 1 is 1.17 bits per heavy atom. The minimum Gasteiger partial charge on any atom is -0.390 e. The van der Waals surface area contributed by atoms with E-state index in [2.05, 4.69) is 32.9 Å². The SMILES string of the molecule is CCCCOC1C(C/C=C/CCCC(C)(C)O)=CC(O)C(C)C1C. The molecule has 0 bridgehead atoms. The molecular weight excluding hydrogens is 300 g/mol. The summed E-state index contributed by atoms with van der Waals surface area (Å²) in [6, 6.07) is 0. The first-order chi connectivity index (χ1) is 11.3. The van der Waals surface area contributed by atoms with E-state index in [1.165, 1.54) is 5.57 Å². The van der Waals surface area contributed by atoms with Gasteiger partial charge in [-0.05, 0) is 63.4 Å². The Morgan fingerprint density at radius 2 is 1.88 bits per heavy atom. The van der Waals surface area contributed by atoms with Crippen LogP contribution < -0.4 is 0 Å². The van der Waals surface area contributed by atoms with E-state index in [0.29, 0.717) is 5.92 Å². The van der Waals surface area contributed by atoms with Crippen molar-refractivity contribution in [2.24, 2.45) is 11.8 Å². The first-order valence-electron chi connectivity index (χ1n) is 9.64. The van der Waals surface area contributed by atoms with Crippen molar-refractivity contribution >= 4 is 0 Å². The maximum atomic E-state index is 10.3. The van der Waals surface area contributed by atoms with Crippen LogP contribution in [0.2, 0.25) is 0 Å². The lowest BCUT2D eigenvalue weighted by Gasteiger charge is -2.37. The number of allylic oxidation sites excluding steroid dienone is 2. The van der Waals surface area contributed by atoms with E-state index in [1.807, 2.05) is 19.9 Å². The summed E-state index contributed by atoms with van der Waals surface area (Å²) in [5.41, 5.74) is 0.635. The van der Waals surface area contributed by atoms with Crippen LogP contribution in [0.3, 0.4) is 0 Å². The maximum Gasteiger partial charge on any atom is 0.0818 e. The molecule has 0 saturated heterocycles. The number of hydrogen-bond donors (Lipinski definition) is 2. The summed E-state index contributed by atoms with van der Waals surface area (Å²) in [6.45, 7) is 11.0. The fourth-order valence-corrected chi connectivity index (χ4v) is 3.18. The van der Waals surface area contributed by atoms with Crippen LogP contribution in [0.1, 0.15) is 73.1 Å². The van der Waals surface area contributed by atoms with Crippen LogP contribution >= 0.6 is 0 Å². The molecule has 2 N–H and O–H groups in total. The average Bonchev–Trinajstić information content (AvgIpc) is 2.50. The van der Waals surface area contributed by atoms with E-state index in [0.717, 1.165) is 45.1 Å². The molecule has 0 aromatic heterocycles. The third-order valence-corrected chi connectivity index (χ3v) is 5.07. The second kappa shape index (κ2) is 10.4. The summed E-state index contributed by atoms with van der Waals surface area (Å²) in [7, 11) is 0. The van der Waals surface area contributed by atoms with Gasteiger partial charge in [0.1, 0.15) is 0 Å². The van der Waals surface area contributed by atoms with Crippen LogP contribution in [-0.2, 0) is 4.74 Å². The summed E-state index contributed by atoms with van der Waals surface area (Å²) in [4.78, 5) is 0. The van der Waals surface area contributed by atoms with Crippen molar-refractivity contribution in [3.8, 4) is 0 Å². The summed E-state index contributed by atoms with van der Waals surface area (Å²) < 4.78 is 6.14.